The minimum atomic E-state index is -0.318. The van der Waals surface area contributed by atoms with Gasteiger partial charge in [0.2, 0.25) is 0 Å². The van der Waals surface area contributed by atoms with Crippen molar-refractivity contribution in [2.45, 2.75) is 6.42 Å². The van der Waals surface area contributed by atoms with E-state index >= 15 is 0 Å². The molecule has 0 atom stereocenters. The highest BCUT2D eigenvalue weighted by Gasteiger charge is 2.09. The number of nitrogens with one attached hydrogen (secondary N) is 2. The average molecular weight is 396 g/mol. The van der Waals surface area contributed by atoms with Crippen molar-refractivity contribution in [3.63, 3.8) is 0 Å². The molecule has 0 unspecified atom stereocenters. The van der Waals surface area contributed by atoms with Crippen LogP contribution in [-0.4, -0.2) is 36.6 Å². The molecule has 0 aliphatic carbocycles. The first kappa shape index (κ1) is 20.1. The number of carbonyl (C=O) groups is 1. The SMILES string of the molecule is COc1ccc(CCNC(=O)c2cnc(Nc3ccc(F)cc3)cn2)cc1OC. The Hall–Kier alpha value is -3.68. The lowest BCUT2D eigenvalue weighted by atomic mass is 10.1. The van der Waals surface area contributed by atoms with Crippen molar-refractivity contribution < 1.29 is 18.7 Å². The van der Waals surface area contributed by atoms with Crippen LogP contribution in [0.2, 0.25) is 0 Å². The predicted octanol–water partition coefficient (Wildman–Crippen LogP) is 3.35. The average Bonchev–Trinajstić information content (AvgIpc) is 2.75. The molecule has 1 amide bonds. The van der Waals surface area contributed by atoms with Crippen molar-refractivity contribution in [2.75, 3.05) is 26.1 Å². The van der Waals surface area contributed by atoms with Crippen molar-refractivity contribution in [3.05, 3.63) is 71.9 Å². The molecule has 0 spiro atoms. The largest absolute Gasteiger partial charge is 0.493 e. The van der Waals surface area contributed by atoms with Crippen LogP contribution in [0.25, 0.3) is 0 Å². The lowest BCUT2D eigenvalue weighted by molar-refractivity contribution is 0.0949. The Balaban J connectivity index is 1.52. The van der Waals surface area contributed by atoms with Crippen molar-refractivity contribution >= 4 is 17.4 Å². The summed E-state index contributed by atoms with van der Waals surface area (Å²) >= 11 is 0. The zero-order chi connectivity index (χ0) is 20.6. The second-order valence-corrected chi connectivity index (χ2v) is 6.11. The Morgan fingerprint density at radius 1 is 1.00 bits per heavy atom. The number of amides is 1. The molecule has 1 heterocycles. The molecular weight excluding hydrogens is 375 g/mol. The zero-order valence-electron chi connectivity index (χ0n) is 16.1. The van der Waals surface area contributed by atoms with E-state index in [0.29, 0.717) is 36.0 Å². The van der Waals surface area contributed by atoms with Crippen molar-refractivity contribution in [1.82, 2.24) is 15.3 Å². The molecule has 0 aliphatic rings. The summed E-state index contributed by atoms with van der Waals surface area (Å²) in [5, 5.41) is 5.80. The summed E-state index contributed by atoms with van der Waals surface area (Å²) in [5.74, 6) is 1.13. The molecule has 8 heteroatoms. The topological polar surface area (TPSA) is 85.4 Å². The summed E-state index contributed by atoms with van der Waals surface area (Å²) < 4.78 is 23.4. The van der Waals surface area contributed by atoms with Gasteiger partial charge in [0, 0.05) is 12.2 Å². The number of benzene rings is 2. The fourth-order valence-electron chi connectivity index (χ4n) is 2.64. The molecule has 0 aliphatic heterocycles. The molecule has 2 aromatic carbocycles. The van der Waals surface area contributed by atoms with Crippen LogP contribution in [0.4, 0.5) is 15.9 Å². The van der Waals surface area contributed by atoms with Crippen LogP contribution in [-0.2, 0) is 6.42 Å². The van der Waals surface area contributed by atoms with Crippen LogP contribution in [0.1, 0.15) is 16.1 Å². The van der Waals surface area contributed by atoms with Crippen LogP contribution in [0.5, 0.6) is 11.5 Å². The number of halogens is 1. The van der Waals surface area contributed by atoms with Crippen LogP contribution in [0.15, 0.2) is 54.9 Å². The van der Waals surface area contributed by atoms with Gasteiger partial charge in [-0.15, -0.1) is 0 Å². The van der Waals surface area contributed by atoms with Gasteiger partial charge in [-0.2, -0.15) is 0 Å². The number of nitrogens with zero attached hydrogens (tertiary/aromatic N) is 2. The molecule has 0 radical (unpaired) electrons. The number of methoxy groups -OCH3 is 2. The Morgan fingerprint density at radius 3 is 2.41 bits per heavy atom. The van der Waals surface area contributed by atoms with Gasteiger partial charge < -0.3 is 20.1 Å². The van der Waals surface area contributed by atoms with Crippen molar-refractivity contribution in [2.24, 2.45) is 0 Å². The van der Waals surface area contributed by atoms with E-state index in [2.05, 4.69) is 20.6 Å². The fraction of sp³-hybridized carbons (Fsp3) is 0.190. The third-order valence-electron chi connectivity index (χ3n) is 4.15. The summed E-state index contributed by atoms with van der Waals surface area (Å²) in [6, 6.07) is 11.5. The summed E-state index contributed by atoms with van der Waals surface area (Å²) in [6.45, 7) is 0.436. The van der Waals surface area contributed by atoms with Gasteiger partial charge in [-0.3, -0.25) is 4.79 Å². The van der Waals surface area contributed by atoms with Gasteiger partial charge >= 0.3 is 0 Å². The lowest BCUT2D eigenvalue weighted by Crippen LogP contribution is -2.26. The van der Waals surface area contributed by atoms with Crippen LogP contribution >= 0.6 is 0 Å². The summed E-state index contributed by atoms with van der Waals surface area (Å²) in [5.41, 5.74) is 1.89. The lowest BCUT2D eigenvalue weighted by Gasteiger charge is -2.10. The zero-order valence-corrected chi connectivity index (χ0v) is 16.1. The first-order chi connectivity index (χ1) is 14.1. The Morgan fingerprint density at radius 2 is 1.76 bits per heavy atom. The minimum absolute atomic E-state index is 0.210. The van der Waals surface area contributed by atoms with E-state index in [4.69, 9.17) is 9.47 Å². The first-order valence-corrected chi connectivity index (χ1v) is 8.93. The van der Waals surface area contributed by atoms with Gasteiger partial charge in [0.15, 0.2) is 11.5 Å². The molecule has 0 saturated carbocycles. The smallest absolute Gasteiger partial charge is 0.271 e. The molecular formula is C21H21FN4O3. The van der Waals surface area contributed by atoms with E-state index in [1.807, 2.05) is 18.2 Å². The molecule has 7 nitrogen and oxygen atoms in total. The summed E-state index contributed by atoms with van der Waals surface area (Å²) in [6.07, 6.45) is 3.47. The Bertz CT molecular complexity index is 963. The third-order valence-corrected chi connectivity index (χ3v) is 4.15. The highest BCUT2D eigenvalue weighted by molar-refractivity contribution is 5.92. The van der Waals surface area contributed by atoms with E-state index in [-0.39, 0.29) is 17.4 Å². The van der Waals surface area contributed by atoms with E-state index in [1.54, 1.807) is 26.4 Å². The molecule has 1 aromatic heterocycles. The maximum atomic E-state index is 12.9. The van der Waals surface area contributed by atoms with E-state index in [9.17, 15) is 9.18 Å². The molecule has 3 aromatic rings. The van der Waals surface area contributed by atoms with Crippen molar-refractivity contribution in [3.8, 4) is 11.5 Å². The monoisotopic (exact) mass is 396 g/mol. The van der Waals surface area contributed by atoms with Crippen LogP contribution in [0.3, 0.4) is 0 Å². The third kappa shape index (κ3) is 5.41. The summed E-state index contributed by atoms with van der Waals surface area (Å²) in [4.78, 5) is 20.5. The fourth-order valence-corrected chi connectivity index (χ4v) is 2.64. The maximum absolute atomic E-state index is 12.9. The number of rotatable bonds is 8. The molecule has 3 rings (SSSR count). The minimum Gasteiger partial charge on any atom is -0.493 e. The van der Waals surface area contributed by atoms with Gasteiger partial charge in [0.05, 0.1) is 26.6 Å². The quantitative estimate of drug-likeness (QED) is 0.607. The molecule has 0 bridgehead atoms. The summed E-state index contributed by atoms with van der Waals surface area (Å²) in [7, 11) is 3.16. The van der Waals surface area contributed by atoms with Gasteiger partial charge in [0.1, 0.15) is 17.3 Å². The predicted molar refractivity (Wildman–Crippen MR) is 107 cm³/mol. The highest BCUT2D eigenvalue weighted by atomic mass is 19.1. The standard InChI is InChI=1S/C21H21FN4O3/c1-28-18-8-3-14(11-19(18)29-2)9-10-23-21(27)17-12-25-20(13-24-17)26-16-6-4-15(22)5-7-16/h3-8,11-13H,9-10H2,1-2H3,(H,23,27)(H,25,26). The Kier molecular flexibility index (Phi) is 6.57. The van der Waals surface area contributed by atoms with E-state index in [1.165, 1.54) is 24.5 Å². The number of ether oxygens (including phenoxy) is 2. The number of aromatic nitrogens is 2. The van der Waals surface area contributed by atoms with Gasteiger partial charge in [-0.25, -0.2) is 14.4 Å². The van der Waals surface area contributed by atoms with Gasteiger partial charge in [0.25, 0.3) is 5.91 Å². The van der Waals surface area contributed by atoms with Gasteiger partial charge in [-0.05, 0) is 48.4 Å². The first-order valence-electron chi connectivity index (χ1n) is 8.93. The van der Waals surface area contributed by atoms with E-state index in [0.717, 1.165) is 5.56 Å². The highest BCUT2D eigenvalue weighted by Crippen LogP contribution is 2.27. The van der Waals surface area contributed by atoms with Gasteiger partial charge in [-0.1, -0.05) is 6.07 Å². The Labute approximate surface area is 167 Å². The van der Waals surface area contributed by atoms with Crippen LogP contribution < -0.4 is 20.1 Å². The second-order valence-electron chi connectivity index (χ2n) is 6.11. The van der Waals surface area contributed by atoms with Crippen molar-refractivity contribution in [1.29, 1.82) is 0 Å². The normalized spacial score (nSPS) is 10.3. The maximum Gasteiger partial charge on any atom is 0.271 e. The number of carbonyl (C=O) groups excluding carboxylic acids is 1. The molecule has 29 heavy (non-hydrogen) atoms. The number of anilines is 2. The molecule has 0 saturated heterocycles. The number of hydrogen-bond acceptors (Lipinski definition) is 6. The van der Waals surface area contributed by atoms with Crippen LogP contribution in [0, 0.1) is 5.82 Å². The van der Waals surface area contributed by atoms with E-state index < -0.39 is 0 Å². The second kappa shape index (κ2) is 9.50. The molecule has 150 valence electrons. The molecule has 2 N–H and O–H groups in total. The molecule has 0 fully saturated rings. The number of hydrogen-bond donors (Lipinski definition) is 2.